The first kappa shape index (κ1) is 21.3. The van der Waals surface area contributed by atoms with Gasteiger partial charge in [-0.15, -0.1) is 6.58 Å². The highest BCUT2D eigenvalue weighted by molar-refractivity contribution is 7.90. The van der Waals surface area contributed by atoms with Crippen molar-refractivity contribution in [3.8, 4) is 0 Å². The van der Waals surface area contributed by atoms with Gasteiger partial charge in [-0.1, -0.05) is 36.4 Å². The number of amides is 1. The number of methoxy groups -OCH3 is 1. The van der Waals surface area contributed by atoms with Gasteiger partial charge in [0.05, 0.1) is 30.8 Å². The Balaban J connectivity index is 1.87. The number of carbonyl (C=O) groups is 1. The number of benzene rings is 1. The van der Waals surface area contributed by atoms with Gasteiger partial charge in [0, 0.05) is 26.1 Å². The summed E-state index contributed by atoms with van der Waals surface area (Å²) in [6, 6.07) is 9.02. The van der Waals surface area contributed by atoms with E-state index < -0.39 is 9.84 Å². The Labute approximate surface area is 171 Å². The number of rotatable bonds is 11. The third-order valence-electron chi connectivity index (χ3n) is 4.85. The van der Waals surface area contributed by atoms with Gasteiger partial charge in [0.2, 0.25) is 20.9 Å². The molecular weight excluding hydrogens is 390 g/mol. The highest BCUT2D eigenvalue weighted by Gasteiger charge is 2.34. The fourth-order valence-corrected chi connectivity index (χ4v) is 4.70. The molecular formula is C21H27N3O4S. The van der Waals surface area contributed by atoms with Crippen LogP contribution in [0.1, 0.15) is 24.1 Å². The number of sulfone groups is 1. The minimum Gasteiger partial charge on any atom is -0.383 e. The van der Waals surface area contributed by atoms with Gasteiger partial charge < -0.3 is 14.2 Å². The molecule has 0 atom stereocenters. The van der Waals surface area contributed by atoms with Gasteiger partial charge in [-0.05, 0) is 18.4 Å². The summed E-state index contributed by atoms with van der Waals surface area (Å²) < 4.78 is 32.8. The smallest absolute Gasteiger partial charge is 0.228 e. The summed E-state index contributed by atoms with van der Waals surface area (Å²) in [6.07, 6.45) is 4.99. The second-order valence-electron chi connectivity index (χ2n) is 7.20. The lowest BCUT2D eigenvalue weighted by Crippen LogP contribution is -2.35. The summed E-state index contributed by atoms with van der Waals surface area (Å²) in [6.45, 7) is 5.21. The minimum absolute atomic E-state index is 0.00168. The van der Waals surface area contributed by atoms with E-state index in [-0.39, 0.29) is 22.7 Å². The van der Waals surface area contributed by atoms with Crippen LogP contribution < -0.4 is 0 Å². The van der Waals surface area contributed by atoms with Gasteiger partial charge in [0.25, 0.3) is 0 Å². The number of ether oxygens (including phenoxy) is 1. The number of nitrogens with zero attached hydrogens (tertiary/aromatic N) is 3. The van der Waals surface area contributed by atoms with Gasteiger partial charge in [-0.2, -0.15) is 0 Å². The summed E-state index contributed by atoms with van der Waals surface area (Å²) >= 11 is 0. The molecule has 0 radical (unpaired) electrons. The topological polar surface area (TPSA) is 81.5 Å². The fraction of sp³-hybridized carbons (Fsp3) is 0.429. The molecule has 1 aliphatic rings. The Morgan fingerprint density at radius 1 is 1.34 bits per heavy atom. The molecule has 0 spiro atoms. The van der Waals surface area contributed by atoms with E-state index in [9.17, 15) is 13.2 Å². The molecule has 2 aromatic rings. The summed E-state index contributed by atoms with van der Waals surface area (Å²) in [5.41, 5.74) is 1.37. The lowest BCUT2D eigenvalue weighted by molar-refractivity contribution is -0.133. The third kappa shape index (κ3) is 5.33. The number of carbonyl (C=O) groups excluding carboxylic acids is 1. The van der Waals surface area contributed by atoms with Crippen molar-refractivity contribution in [3.05, 3.63) is 60.4 Å². The molecule has 156 valence electrons. The van der Waals surface area contributed by atoms with Gasteiger partial charge in [0.15, 0.2) is 0 Å². The van der Waals surface area contributed by atoms with Crippen LogP contribution in [0.5, 0.6) is 0 Å². The second kappa shape index (κ2) is 9.37. The zero-order valence-electron chi connectivity index (χ0n) is 16.7. The molecule has 1 aromatic carbocycles. The predicted molar refractivity (Wildman–Crippen MR) is 110 cm³/mol. The van der Waals surface area contributed by atoms with Crippen molar-refractivity contribution in [3.63, 3.8) is 0 Å². The first-order valence-electron chi connectivity index (χ1n) is 9.66. The Morgan fingerprint density at radius 2 is 2.07 bits per heavy atom. The Kier molecular flexibility index (Phi) is 6.87. The molecule has 1 aliphatic carbocycles. The van der Waals surface area contributed by atoms with Crippen LogP contribution in [0.3, 0.4) is 0 Å². The molecule has 0 unspecified atom stereocenters. The molecule has 0 N–H and O–H groups in total. The molecule has 1 amide bonds. The van der Waals surface area contributed by atoms with Crippen LogP contribution in [-0.4, -0.2) is 49.0 Å². The van der Waals surface area contributed by atoms with E-state index in [4.69, 9.17) is 4.74 Å². The summed E-state index contributed by atoms with van der Waals surface area (Å²) in [5, 5.41) is 0.00168. The zero-order valence-corrected chi connectivity index (χ0v) is 17.5. The Bertz CT molecular complexity index is 950. The molecule has 3 rings (SSSR count). The molecule has 0 saturated heterocycles. The number of imidazole rings is 1. The largest absolute Gasteiger partial charge is 0.383 e. The molecule has 1 saturated carbocycles. The molecule has 8 heteroatoms. The van der Waals surface area contributed by atoms with E-state index in [0.29, 0.717) is 37.5 Å². The number of allylic oxidation sites excluding steroid dienone is 1. The number of hydrogen-bond acceptors (Lipinski definition) is 5. The zero-order chi connectivity index (χ0) is 20.9. The molecule has 1 fully saturated rings. The minimum atomic E-state index is -3.65. The quantitative estimate of drug-likeness (QED) is 0.525. The molecule has 29 heavy (non-hydrogen) atoms. The van der Waals surface area contributed by atoms with Gasteiger partial charge >= 0.3 is 0 Å². The average Bonchev–Trinajstić information content (AvgIpc) is 3.47. The molecule has 1 aromatic heterocycles. The van der Waals surface area contributed by atoms with Gasteiger partial charge in [0.1, 0.15) is 0 Å². The second-order valence-corrected chi connectivity index (χ2v) is 9.09. The van der Waals surface area contributed by atoms with Crippen LogP contribution in [0.25, 0.3) is 0 Å². The lowest BCUT2D eigenvalue weighted by Gasteiger charge is -2.23. The van der Waals surface area contributed by atoms with Crippen molar-refractivity contribution in [2.45, 2.75) is 36.8 Å². The van der Waals surface area contributed by atoms with Gasteiger partial charge in [-0.3, -0.25) is 4.79 Å². The van der Waals surface area contributed by atoms with Gasteiger partial charge in [-0.25, -0.2) is 13.4 Å². The first-order valence-corrected chi connectivity index (χ1v) is 11.3. The summed E-state index contributed by atoms with van der Waals surface area (Å²) in [4.78, 5) is 18.6. The van der Waals surface area contributed by atoms with Crippen LogP contribution in [-0.2, 0) is 38.2 Å². The van der Waals surface area contributed by atoms with Crippen LogP contribution >= 0.6 is 0 Å². The van der Waals surface area contributed by atoms with E-state index in [1.165, 1.54) is 0 Å². The fourth-order valence-electron chi connectivity index (χ4n) is 3.20. The first-order chi connectivity index (χ1) is 14.0. The Morgan fingerprint density at radius 3 is 2.69 bits per heavy atom. The summed E-state index contributed by atoms with van der Waals surface area (Å²) in [5.74, 6) is 0.0292. The third-order valence-corrected chi connectivity index (χ3v) is 6.44. The normalized spacial score (nSPS) is 14.0. The van der Waals surface area contributed by atoms with E-state index in [0.717, 1.165) is 12.8 Å². The van der Waals surface area contributed by atoms with E-state index in [1.807, 2.05) is 18.2 Å². The van der Waals surface area contributed by atoms with Crippen LogP contribution in [0.15, 0.2) is 54.3 Å². The van der Waals surface area contributed by atoms with Crippen molar-refractivity contribution in [1.82, 2.24) is 14.5 Å². The van der Waals surface area contributed by atoms with Crippen molar-refractivity contribution in [2.75, 3.05) is 20.3 Å². The van der Waals surface area contributed by atoms with Crippen molar-refractivity contribution < 1.29 is 17.9 Å². The lowest BCUT2D eigenvalue weighted by atomic mass is 10.2. The Hall–Kier alpha value is -2.45. The highest BCUT2D eigenvalue weighted by Crippen LogP contribution is 2.31. The predicted octanol–water partition coefficient (Wildman–Crippen LogP) is 2.43. The van der Waals surface area contributed by atoms with Crippen molar-refractivity contribution in [1.29, 1.82) is 0 Å². The average molecular weight is 418 g/mol. The number of hydrogen-bond donors (Lipinski definition) is 0. The molecule has 1 heterocycles. The summed E-state index contributed by atoms with van der Waals surface area (Å²) in [7, 11) is -2.05. The van der Waals surface area contributed by atoms with Crippen LogP contribution in [0.4, 0.5) is 0 Å². The van der Waals surface area contributed by atoms with E-state index >= 15 is 0 Å². The van der Waals surface area contributed by atoms with Crippen molar-refractivity contribution in [2.24, 2.45) is 5.92 Å². The van der Waals surface area contributed by atoms with Crippen LogP contribution in [0, 0.1) is 5.92 Å². The molecule has 7 nitrogen and oxygen atoms in total. The molecule has 0 aliphatic heterocycles. The van der Waals surface area contributed by atoms with E-state index in [2.05, 4.69) is 11.6 Å². The SMILES string of the molecule is C=CCn1c(CN(CCOC)C(=O)C2CC2)cnc1S(=O)(=O)Cc1ccccc1. The maximum Gasteiger partial charge on any atom is 0.228 e. The number of aromatic nitrogens is 2. The van der Waals surface area contributed by atoms with E-state index in [1.54, 1.807) is 41.0 Å². The van der Waals surface area contributed by atoms with Crippen LogP contribution in [0.2, 0.25) is 0 Å². The standard InChI is InChI=1S/C21H27N3O4S/c1-3-11-24-19(15-23(12-13-28-2)20(25)18-9-10-18)14-22-21(24)29(26,27)16-17-7-5-4-6-8-17/h3-8,14,18H,1,9-13,15-16H2,2H3. The molecule has 0 bridgehead atoms. The maximum absolute atomic E-state index is 13.0. The highest BCUT2D eigenvalue weighted by atomic mass is 32.2. The van der Waals surface area contributed by atoms with Crippen molar-refractivity contribution >= 4 is 15.7 Å². The maximum atomic E-state index is 13.0. The monoisotopic (exact) mass is 417 g/mol.